The van der Waals surface area contributed by atoms with Gasteiger partial charge in [0.05, 0.1) is 18.1 Å². The van der Waals surface area contributed by atoms with Gasteiger partial charge in [-0.15, -0.1) is 0 Å². The highest BCUT2D eigenvalue weighted by Crippen LogP contribution is 2.23. The van der Waals surface area contributed by atoms with E-state index in [1.807, 2.05) is 24.3 Å². The van der Waals surface area contributed by atoms with Crippen LogP contribution in [0.25, 0.3) is 0 Å². The third-order valence-electron chi connectivity index (χ3n) is 2.72. The number of hydrogen-bond acceptors (Lipinski definition) is 4. The molecule has 2 aromatic carbocycles. The van der Waals surface area contributed by atoms with E-state index in [0.29, 0.717) is 12.3 Å². The third kappa shape index (κ3) is 3.71. The SMILES string of the molecule is COc1cc(CNc2cccc(Br)c2)cc([N+](=O)[O-])c1. The first-order chi connectivity index (χ1) is 9.58. The Morgan fingerprint density at radius 3 is 2.75 bits per heavy atom. The first-order valence-corrected chi connectivity index (χ1v) is 6.69. The molecule has 0 unspecified atom stereocenters. The summed E-state index contributed by atoms with van der Waals surface area (Å²) in [6.45, 7) is 0.481. The molecule has 1 N–H and O–H groups in total. The molecule has 2 aromatic rings. The molecule has 0 aliphatic heterocycles. The maximum absolute atomic E-state index is 10.9. The number of nitrogens with zero attached hydrogens (tertiary/aromatic N) is 1. The summed E-state index contributed by atoms with van der Waals surface area (Å²) in [5.41, 5.74) is 1.75. The van der Waals surface area contributed by atoms with Crippen LogP contribution in [-0.4, -0.2) is 12.0 Å². The van der Waals surface area contributed by atoms with E-state index in [9.17, 15) is 10.1 Å². The zero-order valence-electron chi connectivity index (χ0n) is 10.8. The Balaban J connectivity index is 2.16. The first kappa shape index (κ1) is 14.3. The monoisotopic (exact) mass is 336 g/mol. The zero-order chi connectivity index (χ0) is 14.5. The summed E-state index contributed by atoms with van der Waals surface area (Å²) in [6, 6.07) is 12.4. The van der Waals surface area contributed by atoms with Crippen LogP contribution in [0.4, 0.5) is 11.4 Å². The Hall–Kier alpha value is -2.08. The Kier molecular flexibility index (Phi) is 4.57. The van der Waals surface area contributed by atoms with Gasteiger partial charge in [0.15, 0.2) is 0 Å². The molecule has 0 bridgehead atoms. The van der Waals surface area contributed by atoms with Crippen molar-refractivity contribution in [1.29, 1.82) is 0 Å². The van der Waals surface area contributed by atoms with Crippen LogP contribution >= 0.6 is 15.9 Å². The van der Waals surface area contributed by atoms with Gasteiger partial charge in [0.25, 0.3) is 5.69 Å². The lowest BCUT2D eigenvalue weighted by Crippen LogP contribution is -2.01. The minimum atomic E-state index is -0.425. The molecular weight excluding hydrogens is 324 g/mol. The van der Waals surface area contributed by atoms with Crippen molar-refractivity contribution >= 4 is 27.3 Å². The Bertz CT molecular complexity index is 632. The maximum Gasteiger partial charge on any atom is 0.273 e. The smallest absolute Gasteiger partial charge is 0.273 e. The highest BCUT2D eigenvalue weighted by atomic mass is 79.9. The number of benzene rings is 2. The van der Waals surface area contributed by atoms with Gasteiger partial charge in [-0.2, -0.15) is 0 Å². The molecule has 5 nitrogen and oxygen atoms in total. The summed E-state index contributed by atoms with van der Waals surface area (Å²) in [4.78, 5) is 10.4. The van der Waals surface area contributed by atoms with E-state index in [1.54, 1.807) is 6.07 Å². The van der Waals surface area contributed by atoms with Gasteiger partial charge >= 0.3 is 0 Å². The molecule has 0 atom stereocenters. The average molecular weight is 337 g/mol. The lowest BCUT2D eigenvalue weighted by Gasteiger charge is -2.08. The fourth-order valence-electron chi connectivity index (χ4n) is 1.77. The van der Waals surface area contributed by atoms with Crippen molar-refractivity contribution in [2.24, 2.45) is 0 Å². The van der Waals surface area contributed by atoms with Crippen LogP contribution in [0.2, 0.25) is 0 Å². The van der Waals surface area contributed by atoms with E-state index in [0.717, 1.165) is 15.7 Å². The number of hydrogen-bond donors (Lipinski definition) is 1. The minimum Gasteiger partial charge on any atom is -0.496 e. The molecule has 0 amide bonds. The van der Waals surface area contributed by atoms with Crippen molar-refractivity contribution in [3.05, 3.63) is 62.6 Å². The molecule has 0 saturated heterocycles. The molecule has 0 heterocycles. The maximum atomic E-state index is 10.9. The van der Waals surface area contributed by atoms with E-state index in [-0.39, 0.29) is 5.69 Å². The molecule has 0 aliphatic rings. The Labute approximate surface area is 124 Å². The Morgan fingerprint density at radius 1 is 1.30 bits per heavy atom. The van der Waals surface area contributed by atoms with E-state index in [4.69, 9.17) is 4.74 Å². The fourth-order valence-corrected chi connectivity index (χ4v) is 2.17. The van der Waals surface area contributed by atoms with Gasteiger partial charge in [-0.1, -0.05) is 22.0 Å². The predicted molar refractivity (Wildman–Crippen MR) is 81.1 cm³/mol. The summed E-state index contributed by atoms with van der Waals surface area (Å²) in [5, 5.41) is 14.1. The van der Waals surface area contributed by atoms with Crippen LogP contribution in [-0.2, 0) is 6.54 Å². The molecule has 0 aliphatic carbocycles. The van der Waals surface area contributed by atoms with Crippen molar-refractivity contribution in [3.63, 3.8) is 0 Å². The first-order valence-electron chi connectivity index (χ1n) is 5.90. The van der Waals surface area contributed by atoms with Gasteiger partial charge in [0, 0.05) is 22.8 Å². The summed E-state index contributed by atoms with van der Waals surface area (Å²) in [5.74, 6) is 0.477. The average Bonchev–Trinajstić information content (AvgIpc) is 2.45. The molecule has 0 aromatic heterocycles. The molecule has 104 valence electrons. The zero-order valence-corrected chi connectivity index (χ0v) is 12.4. The molecular formula is C14H13BrN2O3. The van der Waals surface area contributed by atoms with Crippen LogP contribution in [0.3, 0.4) is 0 Å². The van der Waals surface area contributed by atoms with Crippen LogP contribution in [0.15, 0.2) is 46.9 Å². The number of non-ortho nitro benzene ring substituents is 1. The number of rotatable bonds is 5. The summed E-state index contributed by atoms with van der Waals surface area (Å²) in [6.07, 6.45) is 0. The summed E-state index contributed by atoms with van der Waals surface area (Å²) < 4.78 is 6.05. The van der Waals surface area contributed by atoms with Crippen molar-refractivity contribution in [2.75, 3.05) is 12.4 Å². The van der Waals surface area contributed by atoms with Gasteiger partial charge < -0.3 is 10.1 Å². The molecule has 6 heteroatoms. The van der Waals surface area contributed by atoms with Crippen LogP contribution in [0, 0.1) is 10.1 Å². The number of nitro groups is 1. The number of halogens is 1. The van der Waals surface area contributed by atoms with E-state index < -0.39 is 4.92 Å². The number of nitrogens with one attached hydrogen (secondary N) is 1. The topological polar surface area (TPSA) is 64.4 Å². The molecule has 2 rings (SSSR count). The highest BCUT2D eigenvalue weighted by Gasteiger charge is 2.10. The van der Waals surface area contributed by atoms with Gasteiger partial charge in [0.1, 0.15) is 5.75 Å². The molecule has 0 fully saturated rings. The van der Waals surface area contributed by atoms with Crippen LogP contribution in [0.5, 0.6) is 5.75 Å². The van der Waals surface area contributed by atoms with E-state index in [1.165, 1.54) is 19.2 Å². The second-order valence-corrected chi connectivity index (χ2v) is 5.08. The van der Waals surface area contributed by atoms with Crippen molar-refractivity contribution < 1.29 is 9.66 Å². The summed E-state index contributed by atoms with van der Waals surface area (Å²) >= 11 is 3.39. The van der Waals surface area contributed by atoms with Crippen LogP contribution in [0.1, 0.15) is 5.56 Å². The molecule has 0 radical (unpaired) electrons. The minimum absolute atomic E-state index is 0.0235. The number of ether oxygens (including phenoxy) is 1. The van der Waals surface area contributed by atoms with Gasteiger partial charge in [0.2, 0.25) is 0 Å². The van der Waals surface area contributed by atoms with Gasteiger partial charge in [-0.05, 0) is 29.8 Å². The number of methoxy groups -OCH3 is 1. The quantitative estimate of drug-likeness (QED) is 0.662. The van der Waals surface area contributed by atoms with E-state index in [2.05, 4.69) is 21.2 Å². The van der Waals surface area contributed by atoms with Gasteiger partial charge in [-0.25, -0.2) is 0 Å². The number of nitro benzene ring substituents is 1. The lowest BCUT2D eigenvalue weighted by atomic mass is 10.2. The van der Waals surface area contributed by atoms with Crippen molar-refractivity contribution in [2.45, 2.75) is 6.54 Å². The standard InChI is InChI=1S/C14H13BrN2O3/c1-20-14-6-10(5-13(8-14)17(18)19)9-16-12-4-2-3-11(15)7-12/h2-8,16H,9H2,1H3. The highest BCUT2D eigenvalue weighted by molar-refractivity contribution is 9.10. The van der Waals surface area contributed by atoms with E-state index >= 15 is 0 Å². The third-order valence-corrected chi connectivity index (χ3v) is 3.21. The fraction of sp³-hybridized carbons (Fsp3) is 0.143. The van der Waals surface area contributed by atoms with Gasteiger partial charge in [-0.3, -0.25) is 10.1 Å². The Morgan fingerprint density at radius 2 is 2.10 bits per heavy atom. The number of anilines is 1. The van der Waals surface area contributed by atoms with Crippen LogP contribution < -0.4 is 10.1 Å². The molecule has 0 spiro atoms. The largest absolute Gasteiger partial charge is 0.496 e. The second-order valence-electron chi connectivity index (χ2n) is 4.16. The normalized spacial score (nSPS) is 10.1. The van der Waals surface area contributed by atoms with Crippen molar-refractivity contribution in [3.8, 4) is 5.75 Å². The summed E-state index contributed by atoms with van der Waals surface area (Å²) in [7, 11) is 1.49. The van der Waals surface area contributed by atoms with Crippen molar-refractivity contribution in [1.82, 2.24) is 0 Å². The molecule has 20 heavy (non-hydrogen) atoms. The second kappa shape index (κ2) is 6.38. The lowest BCUT2D eigenvalue weighted by molar-refractivity contribution is -0.385. The molecule has 0 saturated carbocycles. The predicted octanol–water partition coefficient (Wildman–Crippen LogP) is 3.98.